The van der Waals surface area contributed by atoms with Crippen molar-refractivity contribution in [2.75, 3.05) is 0 Å². The largest absolute Gasteiger partial charge is 0.426 e. The Kier molecular flexibility index (Phi) is 4.47. The third kappa shape index (κ3) is 3.38. The van der Waals surface area contributed by atoms with Crippen molar-refractivity contribution in [2.45, 2.75) is 27.2 Å². The lowest BCUT2D eigenvalue weighted by Gasteiger charge is -2.12. The number of carbonyl (C=O) groups excluding carboxylic acids is 1. The average molecular weight is 320 g/mol. The molecular weight excluding hydrogens is 300 g/mol. The quantitative estimate of drug-likeness (QED) is 0.540. The number of ether oxygens (including phenoxy) is 1. The van der Waals surface area contributed by atoms with Crippen LogP contribution in [0.25, 0.3) is 5.69 Å². The van der Waals surface area contributed by atoms with E-state index in [1.807, 2.05) is 69.4 Å². The van der Waals surface area contributed by atoms with Gasteiger partial charge in [0, 0.05) is 11.8 Å². The van der Waals surface area contributed by atoms with Gasteiger partial charge in [-0.25, -0.2) is 4.68 Å². The molecular formula is C20H20N2O2. The number of para-hydroxylation sites is 1. The molecule has 0 radical (unpaired) electrons. The normalized spacial score (nSPS) is 10.6. The van der Waals surface area contributed by atoms with Gasteiger partial charge in [-0.2, -0.15) is 5.10 Å². The number of hydrogen-bond donors (Lipinski definition) is 0. The van der Waals surface area contributed by atoms with E-state index in [2.05, 4.69) is 5.10 Å². The molecule has 0 N–H and O–H groups in total. The van der Waals surface area contributed by atoms with Crippen LogP contribution in [0.1, 0.15) is 22.3 Å². The molecule has 0 spiro atoms. The van der Waals surface area contributed by atoms with E-state index in [-0.39, 0.29) is 12.4 Å². The predicted octanol–water partition coefficient (Wildman–Crippen LogP) is 3.95. The van der Waals surface area contributed by atoms with Gasteiger partial charge in [0.1, 0.15) is 5.75 Å². The van der Waals surface area contributed by atoms with E-state index < -0.39 is 0 Å². The first-order valence-corrected chi connectivity index (χ1v) is 7.91. The summed E-state index contributed by atoms with van der Waals surface area (Å²) in [4.78, 5) is 12.3. The van der Waals surface area contributed by atoms with Crippen LogP contribution >= 0.6 is 0 Å². The summed E-state index contributed by atoms with van der Waals surface area (Å²) in [6, 6.07) is 13.8. The van der Waals surface area contributed by atoms with Crippen LogP contribution in [0.4, 0.5) is 0 Å². The molecule has 2 aromatic carbocycles. The molecule has 0 fully saturated rings. The topological polar surface area (TPSA) is 44.1 Å². The number of aryl methyl sites for hydroxylation is 2. The lowest BCUT2D eigenvalue weighted by Crippen LogP contribution is -2.12. The van der Waals surface area contributed by atoms with Crippen LogP contribution in [-0.4, -0.2) is 15.7 Å². The predicted molar refractivity (Wildman–Crippen MR) is 93.6 cm³/mol. The monoisotopic (exact) mass is 320 g/mol. The Hall–Kier alpha value is -2.88. The lowest BCUT2D eigenvalue weighted by molar-refractivity contribution is -0.133. The summed E-state index contributed by atoms with van der Waals surface area (Å²) in [5, 5.41) is 4.30. The van der Waals surface area contributed by atoms with E-state index in [4.69, 9.17) is 4.74 Å². The fourth-order valence-corrected chi connectivity index (χ4v) is 2.57. The summed E-state index contributed by atoms with van der Waals surface area (Å²) < 4.78 is 7.36. The van der Waals surface area contributed by atoms with Gasteiger partial charge < -0.3 is 4.74 Å². The standard InChI is InChI=1S/C20H20N2O2/c1-14-9-10-15(2)20(16(14)3)24-19(23)11-17-12-21-22(13-17)18-7-5-4-6-8-18/h4-10,12-13H,11H2,1-3H3. The third-order valence-electron chi connectivity index (χ3n) is 4.09. The van der Waals surface area contributed by atoms with Gasteiger partial charge in [0.15, 0.2) is 0 Å². The van der Waals surface area contributed by atoms with E-state index in [9.17, 15) is 4.79 Å². The van der Waals surface area contributed by atoms with Crippen molar-refractivity contribution >= 4 is 5.97 Å². The lowest BCUT2D eigenvalue weighted by atomic mass is 10.1. The van der Waals surface area contributed by atoms with E-state index in [0.717, 1.165) is 27.9 Å². The Morgan fingerprint density at radius 3 is 2.50 bits per heavy atom. The molecule has 0 saturated heterocycles. The van der Waals surface area contributed by atoms with Gasteiger partial charge >= 0.3 is 5.97 Å². The molecule has 3 aromatic rings. The number of benzene rings is 2. The van der Waals surface area contributed by atoms with Crippen LogP contribution in [0, 0.1) is 20.8 Å². The zero-order chi connectivity index (χ0) is 17.1. The van der Waals surface area contributed by atoms with Crippen LogP contribution in [0.2, 0.25) is 0 Å². The first kappa shape index (κ1) is 16.0. The maximum Gasteiger partial charge on any atom is 0.315 e. The van der Waals surface area contributed by atoms with Crippen LogP contribution in [0.3, 0.4) is 0 Å². The molecule has 0 aliphatic rings. The van der Waals surface area contributed by atoms with E-state index in [1.54, 1.807) is 10.9 Å². The zero-order valence-corrected chi connectivity index (χ0v) is 14.1. The van der Waals surface area contributed by atoms with Crippen molar-refractivity contribution in [3.05, 3.63) is 77.1 Å². The average Bonchev–Trinajstić information content (AvgIpc) is 3.04. The van der Waals surface area contributed by atoms with Gasteiger partial charge in [-0.15, -0.1) is 0 Å². The number of hydrogen-bond acceptors (Lipinski definition) is 3. The van der Waals surface area contributed by atoms with Gasteiger partial charge in [-0.1, -0.05) is 30.3 Å². The second kappa shape index (κ2) is 6.71. The highest BCUT2D eigenvalue weighted by Gasteiger charge is 2.13. The number of rotatable bonds is 4. The van der Waals surface area contributed by atoms with Gasteiger partial charge in [-0.05, 0) is 49.6 Å². The molecule has 0 bridgehead atoms. The minimum atomic E-state index is -0.278. The van der Waals surface area contributed by atoms with Gasteiger partial charge in [-0.3, -0.25) is 4.79 Å². The van der Waals surface area contributed by atoms with Gasteiger partial charge in [0.05, 0.1) is 18.3 Å². The van der Waals surface area contributed by atoms with Crippen LogP contribution in [0.5, 0.6) is 5.75 Å². The van der Waals surface area contributed by atoms with Crippen molar-refractivity contribution in [1.29, 1.82) is 0 Å². The zero-order valence-electron chi connectivity index (χ0n) is 14.1. The third-order valence-corrected chi connectivity index (χ3v) is 4.09. The maximum atomic E-state index is 12.3. The molecule has 1 heterocycles. The highest BCUT2D eigenvalue weighted by molar-refractivity contribution is 5.76. The van der Waals surface area contributed by atoms with Crippen molar-refractivity contribution in [2.24, 2.45) is 0 Å². The number of nitrogens with zero attached hydrogens (tertiary/aromatic N) is 2. The highest BCUT2D eigenvalue weighted by Crippen LogP contribution is 2.26. The SMILES string of the molecule is Cc1ccc(C)c(OC(=O)Cc2cnn(-c3ccccc3)c2)c1C. The van der Waals surface area contributed by atoms with Crippen molar-refractivity contribution in [3.63, 3.8) is 0 Å². The highest BCUT2D eigenvalue weighted by atomic mass is 16.5. The maximum absolute atomic E-state index is 12.3. The second-order valence-corrected chi connectivity index (χ2v) is 5.93. The summed E-state index contributed by atoms with van der Waals surface area (Å²) in [7, 11) is 0. The van der Waals surface area contributed by atoms with Crippen molar-refractivity contribution < 1.29 is 9.53 Å². The van der Waals surface area contributed by atoms with Crippen molar-refractivity contribution in [3.8, 4) is 11.4 Å². The molecule has 4 heteroatoms. The molecule has 24 heavy (non-hydrogen) atoms. The molecule has 122 valence electrons. The molecule has 0 unspecified atom stereocenters. The van der Waals surface area contributed by atoms with Gasteiger partial charge in [0.2, 0.25) is 0 Å². The van der Waals surface area contributed by atoms with Crippen LogP contribution < -0.4 is 4.74 Å². The molecule has 0 atom stereocenters. The Morgan fingerprint density at radius 2 is 1.75 bits per heavy atom. The van der Waals surface area contributed by atoms with E-state index in [1.165, 1.54) is 0 Å². The fourth-order valence-electron chi connectivity index (χ4n) is 2.57. The summed E-state index contributed by atoms with van der Waals surface area (Å²) in [5.74, 6) is 0.384. The Labute approximate surface area is 141 Å². The molecule has 1 aromatic heterocycles. The van der Waals surface area contributed by atoms with E-state index in [0.29, 0.717) is 5.75 Å². The number of esters is 1. The molecule has 3 rings (SSSR count). The summed E-state index contributed by atoms with van der Waals surface area (Å²) >= 11 is 0. The Balaban J connectivity index is 1.72. The summed E-state index contributed by atoms with van der Waals surface area (Å²) in [5.41, 5.74) is 4.87. The molecule has 0 saturated carbocycles. The van der Waals surface area contributed by atoms with Crippen LogP contribution in [0.15, 0.2) is 54.9 Å². The second-order valence-electron chi connectivity index (χ2n) is 5.93. The van der Waals surface area contributed by atoms with Crippen molar-refractivity contribution in [1.82, 2.24) is 9.78 Å². The fraction of sp³-hybridized carbons (Fsp3) is 0.200. The summed E-state index contributed by atoms with van der Waals surface area (Å²) in [6.07, 6.45) is 3.75. The minimum Gasteiger partial charge on any atom is -0.426 e. The minimum absolute atomic E-state index is 0.194. The Bertz CT molecular complexity index is 867. The summed E-state index contributed by atoms with van der Waals surface area (Å²) in [6.45, 7) is 5.93. The number of aromatic nitrogens is 2. The Morgan fingerprint density at radius 1 is 1.04 bits per heavy atom. The van der Waals surface area contributed by atoms with E-state index >= 15 is 0 Å². The number of carbonyl (C=O) groups is 1. The first-order chi connectivity index (χ1) is 11.5. The molecule has 4 nitrogen and oxygen atoms in total. The molecule has 0 amide bonds. The molecule has 0 aliphatic carbocycles. The van der Waals surface area contributed by atoms with Gasteiger partial charge in [0.25, 0.3) is 0 Å². The smallest absolute Gasteiger partial charge is 0.315 e. The van der Waals surface area contributed by atoms with Crippen LogP contribution in [-0.2, 0) is 11.2 Å². The first-order valence-electron chi connectivity index (χ1n) is 7.91. The molecule has 0 aliphatic heterocycles.